The third-order valence-corrected chi connectivity index (χ3v) is 3.81. The van der Waals surface area contributed by atoms with Crippen LogP contribution in [0.1, 0.15) is 12.8 Å². The van der Waals surface area contributed by atoms with Crippen molar-refractivity contribution in [2.45, 2.75) is 18.9 Å². The molecule has 1 aromatic heterocycles. The lowest BCUT2D eigenvalue weighted by Crippen LogP contribution is -2.41. The lowest BCUT2D eigenvalue weighted by molar-refractivity contribution is 0.441. The van der Waals surface area contributed by atoms with Gasteiger partial charge in [0.25, 0.3) is 0 Å². The molecule has 94 valence electrons. The van der Waals surface area contributed by atoms with Gasteiger partial charge in [-0.3, -0.25) is 0 Å². The van der Waals surface area contributed by atoms with E-state index < -0.39 is 0 Å². The minimum Gasteiger partial charge on any atom is -0.356 e. The Balaban J connectivity index is 1.82. The number of para-hydroxylation sites is 1. The number of hydrogen-bond donors (Lipinski definition) is 1. The van der Waals surface area contributed by atoms with Crippen LogP contribution < -0.4 is 10.2 Å². The summed E-state index contributed by atoms with van der Waals surface area (Å²) in [5, 5.41) is 4.57. The highest BCUT2D eigenvalue weighted by Gasteiger charge is 2.18. The van der Waals surface area contributed by atoms with Crippen LogP contribution in [0, 0.1) is 0 Å². The standard InChI is InChI=1S/C15H19N3/c1-16-13-8-10-18(11-9-13)15-7-6-12-4-2-3-5-14(12)17-15/h2-7,13,16H,8-11H2,1H3. The van der Waals surface area contributed by atoms with E-state index in [9.17, 15) is 0 Å². The summed E-state index contributed by atoms with van der Waals surface area (Å²) in [6.45, 7) is 2.19. The fourth-order valence-corrected chi connectivity index (χ4v) is 2.63. The van der Waals surface area contributed by atoms with E-state index in [-0.39, 0.29) is 0 Å². The Morgan fingerprint density at radius 3 is 2.67 bits per heavy atom. The molecule has 3 nitrogen and oxygen atoms in total. The van der Waals surface area contributed by atoms with Gasteiger partial charge in [0.2, 0.25) is 0 Å². The maximum absolute atomic E-state index is 4.76. The van der Waals surface area contributed by atoms with Crippen LogP contribution >= 0.6 is 0 Å². The topological polar surface area (TPSA) is 28.2 Å². The number of anilines is 1. The van der Waals surface area contributed by atoms with Crippen LogP contribution in [-0.2, 0) is 0 Å². The Bertz CT molecular complexity index is 530. The molecule has 18 heavy (non-hydrogen) atoms. The van der Waals surface area contributed by atoms with Gasteiger partial charge in [0.05, 0.1) is 5.52 Å². The minimum atomic E-state index is 0.668. The van der Waals surface area contributed by atoms with Crippen molar-refractivity contribution in [3.63, 3.8) is 0 Å². The van der Waals surface area contributed by atoms with E-state index in [4.69, 9.17) is 4.98 Å². The molecule has 0 bridgehead atoms. The maximum Gasteiger partial charge on any atom is 0.129 e. The molecule has 1 aliphatic heterocycles. The number of piperidine rings is 1. The number of aromatic nitrogens is 1. The van der Waals surface area contributed by atoms with Crippen LogP contribution in [0.5, 0.6) is 0 Å². The number of fused-ring (bicyclic) bond motifs is 1. The molecule has 1 N–H and O–H groups in total. The fraction of sp³-hybridized carbons (Fsp3) is 0.400. The van der Waals surface area contributed by atoms with Crippen LogP contribution in [0.4, 0.5) is 5.82 Å². The second kappa shape index (κ2) is 4.94. The van der Waals surface area contributed by atoms with Gasteiger partial charge in [-0.1, -0.05) is 18.2 Å². The molecule has 3 rings (SSSR count). The van der Waals surface area contributed by atoms with Gasteiger partial charge in [-0.2, -0.15) is 0 Å². The smallest absolute Gasteiger partial charge is 0.129 e. The van der Waals surface area contributed by atoms with Gasteiger partial charge >= 0.3 is 0 Å². The molecule has 0 saturated carbocycles. The first-order valence-electron chi connectivity index (χ1n) is 6.65. The summed E-state index contributed by atoms with van der Waals surface area (Å²) in [6, 6.07) is 13.3. The van der Waals surface area contributed by atoms with Crippen molar-refractivity contribution < 1.29 is 0 Å². The van der Waals surface area contributed by atoms with Crippen molar-refractivity contribution in [1.82, 2.24) is 10.3 Å². The van der Waals surface area contributed by atoms with Gasteiger partial charge in [0.15, 0.2) is 0 Å². The number of pyridine rings is 1. The van der Waals surface area contributed by atoms with Gasteiger partial charge in [-0.05, 0) is 38.1 Å². The second-order valence-electron chi connectivity index (χ2n) is 4.91. The van der Waals surface area contributed by atoms with Gasteiger partial charge in [0.1, 0.15) is 5.82 Å². The molecule has 1 saturated heterocycles. The van der Waals surface area contributed by atoms with Gasteiger partial charge in [-0.15, -0.1) is 0 Å². The van der Waals surface area contributed by atoms with Crippen molar-refractivity contribution in [2.75, 3.05) is 25.0 Å². The quantitative estimate of drug-likeness (QED) is 0.875. The molecule has 1 fully saturated rings. The molecule has 0 amide bonds. The highest BCUT2D eigenvalue weighted by molar-refractivity contribution is 5.80. The predicted octanol–water partition coefficient (Wildman–Crippen LogP) is 2.42. The van der Waals surface area contributed by atoms with E-state index in [2.05, 4.69) is 47.6 Å². The van der Waals surface area contributed by atoms with E-state index in [1.54, 1.807) is 0 Å². The number of hydrogen-bond acceptors (Lipinski definition) is 3. The maximum atomic E-state index is 4.76. The van der Waals surface area contributed by atoms with Crippen LogP contribution in [0.2, 0.25) is 0 Å². The van der Waals surface area contributed by atoms with Crippen molar-refractivity contribution in [2.24, 2.45) is 0 Å². The summed E-state index contributed by atoms with van der Waals surface area (Å²) >= 11 is 0. The lowest BCUT2D eigenvalue weighted by atomic mass is 10.1. The van der Waals surface area contributed by atoms with Gasteiger partial charge < -0.3 is 10.2 Å². The fourth-order valence-electron chi connectivity index (χ4n) is 2.63. The Morgan fingerprint density at radius 2 is 1.89 bits per heavy atom. The molecule has 0 aliphatic carbocycles. The molecule has 0 atom stereocenters. The molecule has 0 unspecified atom stereocenters. The third kappa shape index (κ3) is 2.18. The number of rotatable bonds is 2. The molecule has 2 aromatic rings. The van der Waals surface area contributed by atoms with Crippen molar-refractivity contribution >= 4 is 16.7 Å². The zero-order valence-corrected chi connectivity index (χ0v) is 10.8. The highest BCUT2D eigenvalue weighted by Crippen LogP contribution is 2.21. The Kier molecular flexibility index (Phi) is 3.15. The number of benzene rings is 1. The summed E-state index contributed by atoms with van der Waals surface area (Å²) in [7, 11) is 2.05. The first kappa shape index (κ1) is 11.5. The van der Waals surface area contributed by atoms with Gasteiger partial charge in [0, 0.05) is 24.5 Å². The Morgan fingerprint density at radius 1 is 1.11 bits per heavy atom. The molecular weight excluding hydrogens is 222 g/mol. The second-order valence-corrected chi connectivity index (χ2v) is 4.91. The average Bonchev–Trinajstić information content (AvgIpc) is 2.47. The van der Waals surface area contributed by atoms with Crippen LogP contribution in [-0.4, -0.2) is 31.2 Å². The SMILES string of the molecule is CNC1CCN(c2ccc3ccccc3n2)CC1. The molecule has 2 heterocycles. The number of nitrogens with zero attached hydrogens (tertiary/aromatic N) is 2. The number of nitrogens with one attached hydrogen (secondary N) is 1. The van der Waals surface area contributed by atoms with E-state index in [0.29, 0.717) is 6.04 Å². The summed E-state index contributed by atoms with van der Waals surface area (Å²) in [4.78, 5) is 7.14. The van der Waals surface area contributed by atoms with Crippen molar-refractivity contribution in [3.05, 3.63) is 36.4 Å². The zero-order chi connectivity index (χ0) is 12.4. The van der Waals surface area contributed by atoms with E-state index >= 15 is 0 Å². The average molecular weight is 241 g/mol. The van der Waals surface area contributed by atoms with E-state index in [0.717, 1.165) is 24.4 Å². The first-order valence-corrected chi connectivity index (χ1v) is 6.65. The summed E-state index contributed by atoms with van der Waals surface area (Å²) in [5.41, 5.74) is 1.09. The molecule has 1 aromatic carbocycles. The Hall–Kier alpha value is -1.61. The van der Waals surface area contributed by atoms with Crippen molar-refractivity contribution in [1.29, 1.82) is 0 Å². The normalized spacial score (nSPS) is 17.3. The van der Waals surface area contributed by atoms with E-state index in [1.807, 2.05) is 6.07 Å². The van der Waals surface area contributed by atoms with Crippen molar-refractivity contribution in [3.8, 4) is 0 Å². The summed E-state index contributed by atoms with van der Waals surface area (Å²) in [5.74, 6) is 1.11. The zero-order valence-electron chi connectivity index (χ0n) is 10.8. The largest absolute Gasteiger partial charge is 0.356 e. The molecule has 0 radical (unpaired) electrons. The molecule has 0 spiro atoms. The van der Waals surface area contributed by atoms with Gasteiger partial charge in [-0.25, -0.2) is 4.98 Å². The van der Waals surface area contributed by atoms with Crippen LogP contribution in [0.3, 0.4) is 0 Å². The van der Waals surface area contributed by atoms with Crippen LogP contribution in [0.25, 0.3) is 10.9 Å². The first-order chi connectivity index (χ1) is 8.86. The summed E-state index contributed by atoms with van der Waals surface area (Å²) in [6.07, 6.45) is 2.40. The summed E-state index contributed by atoms with van der Waals surface area (Å²) < 4.78 is 0. The lowest BCUT2D eigenvalue weighted by Gasteiger charge is -2.32. The molecule has 1 aliphatic rings. The van der Waals surface area contributed by atoms with E-state index in [1.165, 1.54) is 18.2 Å². The Labute approximate surface area is 108 Å². The highest BCUT2D eigenvalue weighted by atomic mass is 15.2. The molecular formula is C15H19N3. The monoisotopic (exact) mass is 241 g/mol. The molecule has 3 heteroatoms. The minimum absolute atomic E-state index is 0.668. The third-order valence-electron chi connectivity index (χ3n) is 3.81. The predicted molar refractivity (Wildman–Crippen MR) is 76.0 cm³/mol. The van der Waals surface area contributed by atoms with Crippen LogP contribution in [0.15, 0.2) is 36.4 Å².